The van der Waals surface area contributed by atoms with Crippen molar-refractivity contribution in [3.8, 4) is 10.4 Å². The van der Waals surface area contributed by atoms with E-state index in [0.29, 0.717) is 12.2 Å². The monoisotopic (exact) mass is 472 g/mol. The number of anilines is 1. The van der Waals surface area contributed by atoms with E-state index in [4.69, 9.17) is 10.5 Å². The summed E-state index contributed by atoms with van der Waals surface area (Å²) >= 11 is 4.79. The lowest BCUT2D eigenvalue weighted by atomic mass is 10.1. The van der Waals surface area contributed by atoms with E-state index in [1.54, 1.807) is 18.5 Å². The molecule has 1 amide bonds. The molecule has 29 heavy (non-hydrogen) atoms. The first-order valence-electron chi connectivity index (χ1n) is 9.43. The minimum atomic E-state index is -0.217. The predicted octanol–water partition coefficient (Wildman–Crippen LogP) is 4.42. The summed E-state index contributed by atoms with van der Waals surface area (Å²) < 4.78 is 11.3. The summed E-state index contributed by atoms with van der Waals surface area (Å²) in [5.41, 5.74) is 8.31. The standard InChI is InChI=1S/C21H21BrN4O2S/c22-15-6-4-13(5-7-15)12-28-18-3-1-2-17(18)26-21(27)16-10-14(11-24-20(16)23)19-8-9-25-29-19/h4-11,17-18H,1-3,12H2,(H2,23,24)(H,26,27)/t17-,18-/m0/s1. The van der Waals surface area contributed by atoms with Crippen molar-refractivity contribution in [1.29, 1.82) is 0 Å². The van der Waals surface area contributed by atoms with Crippen LogP contribution in [0.25, 0.3) is 10.4 Å². The van der Waals surface area contributed by atoms with Crippen molar-refractivity contribution in [1.82, 2.24) is 14.7 Å². The number of nitrogen functional groups attached to an aromatic ring is 1. The van der Waals surface area contributed by atoms with E-state index in [9.17, 15) is 4.79 Å². The van der Waals surface area contributed by atoms with Gasteiger partial charge in [0.1, 0.15) is 5.82 Å². The highest BCUT2D eigenvalue weighted by Gasteiger charge is 2.30. The van der Waals surface area contributed by atoms with Crippen LogP contribution in [-0.4, -0.2) is 27.4 Å². The van der Waals surface area contributed by atoms with Gasteiger partial charge in [0.2, 0.25) is 0 Å². The molecule has 1 aliphatic rings. The maximum atomic E-state index is 12.9. The highest BCUT2D eigenvalue weighted by atomic mass is 79.9. The third-order valence-electron chi connectivity index (χ3n) is 5.03. The Labute approximate surface area is 181 Å². The summed E-state index contributed by atoms with van der Waals surface area (Å²) in [6.07, 6.45) is 6.21. The van der Waals surface area contributed by atoms with Gasteiger partial charge in [0.05, 0.1) is 29.2 Å². The summed E-state index contributed by atoms with van der Waals surface area (Å²) in [4.78, 5) is 18.0. The van der Waals surface area contributed by atoms with E-state index >= 15 is 0 Å². The Morgan fingerprint density at radius 3 is 2.86 bits per heavy atom. The van der Waals surface area contributed by atoms with Gasteiger partial charge in [-0.25, -0.2) is 9.36 Å². The molecule has 2 atom stereocenters. The summed E-state index contributed by atoms with van der Waals surface area (Å²) in [5, 5.41) is 3.10. The Balaban J connectivity index is 1.42. The number of aromatic nitrogens is 2. The normalized spacial score (nSPS) is 18.7. The number of nitrogens with one attached hydrogen (secondary N) is 1. The van der Waals surface area contributed by atoms with Gasteiger partial charge in [0.25, 0.3) is 5.91 Å². The van der Waals surface area contributed by atoms with E-state index in [-0.39, 0.29) is 23.9 Å². The minimum Gasteiger partial charge on any atom is -0.383 e. The molecule has 1 aliphatic carbocycles. The van der Waals surface area contributed by atoms with Crippen molar-refractivity contribution in [3.05, 3.63) is 64.4 Å². The number of carbonyl (C=O) groups is 1. The number of amides is 1. The molecule has 1 fully saturated rings. The third kappa shape index (κ3) is 4.83. The SMILES string of the molecule is Nc1ncc(-c2ccns2)cc1C(=O)N[C@H]1CCC[C@@H]1OCc1ccc(Br)cc1. The fourth-order valence-electron chi connectivity index (χ4n) is 3.48. The van der Waals surface area contributed by atoms with Crippen LogP contribution in [0.4, 0.5) is 5.82 Å². The molecule has 0 spiro atoms. The Morgan fingerprint density at radius 2 is 2.10 bits per heavy atom. The maximum Gasteiger partial charge on any atom is 0.255 e. The molecule has 0 radical (unpaired) electrons. The third-order valence-corrected chi connectivity index (χ3v) is 6.36. The van der Waals surface area contributed by atoms with E-state index in [2.05, 4.69) is 30.6 Å². The number of benzene rings is 1. The van der Waals surface area contributed by atoms with Crippen molar-refractivity contribution in [3.63, 3.8) is 0 Å². The lowest BCUT2D eigenvalue weighted by molar-refractivity contribution is 0.0272. The number of nitrogens with zero attached hydrogens (tertiary/aromatic N) is 2. The van der Waals surface area contributed by atoms with Gasteiger partial charge in [-0.05, 0) is 60.6 Å². The van der Waals surface area contributed by atoms with Crippen molar-refractivity contribution in [2.75, 3.05) is 5.73 Å². The fraction of sp³-hybridized carbons (Fsp3) is 0.286. The molecule has 8 heteroatoms. The van der Waals surface area contributed by atoms with Gasteiger partial charge < -0.3 is 15.8 Å². The zero-order valence-corrected chi connectivity index (χ0v) is 18.1. The topological polar surface area (TPSA) is 90.1 Å². The first kappa shape index (κ1) is 20.0. The van der Waals surface area contributed by atoms with Crippen LogP contribution >= 0.6 is 27.5 Å². The number of ether oxygens (including phenoxy) is 1. The molecule has 1 saturated carbocycles. The zero-order chi connectivity index (χ0) is 20.2. The van der Waals surface area contributed by atoms with Crippen molar-refractivity contribution in [2.24, 2.45) is 0 Å². The van der Waals surface area contributed by atoms with Crippen LogP contribution in [0.3, 0.4) is 0 Å². The van der Waals surface area contributed by atoms with E-state index in [1.807, 2.05) is 30.3 Å². The average Bonchev–Trinajstić information content (AvgIpc) is 3.40. The summed E-state index contributed by atoms with van der Waals surface area (Å²) in [5.74, 6) is 0.00611. The maximum absolute atomic E-state index is 12.9. The number of rotatable bonds is 6. The van der Waals surface area contributed by atoms with Crippen molar-refractivity contribution < 1.29 is 9.53 Å². The van der Waals surface area contributed by atoms with Gasteiger partial charge in [0, 0.05) is 22.4 Å². The smallest absolute Gasteiger partial charge is 0.255 e. The zero-order valence-electron chi connectivity index (χ0n) is 15.7. The molecule has 2 aromatic heterocycles. The Kier molecular flexibility index (Phi) is 6.22. The second kappa shape index (κ2) is 9.02. The minimum absolute atomic E-state index is 0.0125. The van der Waals surface area contributed by atoms with Gasteiger partial charge in [-0.3, -0.25) is 4.79 Å². The molecule has 0 aliphatic heterocycles. The van der Waals surface area contributed by atoms with Gasteiger partial charge in [-0.15, -0.1) is 0 Å². The predicted molar refractivity (Wildman–Crippen MR) is 118 cm³/mol. The lowest BCUT2D eigenvalue weighted by Gasteiger charge is -2.22. The van der Waals surface area contributed by atoms with E-state index in [0.717, 1.165) is 39.7 Å². The van der Waals surface area contributed by atoms with Gasteiger partial charge in [-0.1, -0.05) is 28.1 Å². The average molecular weight is 473 g/mol. The molecule has 0 saturated heterocycles. The summed E-state index contributed by atoms with van der Waals surface area (Å²) in [6.45, 7) is 0.523. The first-order chi connectivity index (χ1) is 14.1. The Hall–Kier alpha value is -2.29. The summed E-state index contributed by atoms with van der Waals surface area (Å²) in [6, 6.07) is 11.7. The molecule has 4 rings (SSSR count). The molecule has 1 aromatic carbocycles. The number of halogens is 1. The van der Waals surface area contributed by atoms with Gasteiger partial charge in [0.15, 0.2) is 0 Å². The second-order valence-corrected chi connectivity index (χ2v) is 8.77. The lowest BCUT2D eigenvalue weighted by Crippen LogP contribution is -2.41. The van der Waals surface area contributed by atoms with Crippen LogP contribution in [0.1, 0.15) is 35.2 Å². The van der Waals surface area contributed by atoms with Crippen molar-refractivity contribution in [2.45, 2.75) is 38.0 Å². The molecule has 0 unspecified atom stereocenters. The number of carbonyl (C=O) groups excluding carboxylic acids is 1. The summed E-state index contributed by atoms with van der Waals surface area (Å²) in [7, 11) is 0. The highest BCUT2D eigenvalue weighted by Crippen LogP contribution is 2.27. The fourth-order valence-corrected chi connectivity index (χ4v) is 4.32. The number of hydrogen-bond acceptors (Lipinski definition) is 6. The Bertz CT molecular complexity index is 979. The van der Waals surface area contributed by atoms with Crippen molar-refractivity contribution >= 4 is 39.2 Å². The van der Waals surface area contributed by atoms with E-state index < -0.39 is 0 Å². The molecule has 2 heterocycles. The second-order valence-electron chi connectivity index (χ2n) is 7.02. The number of hydrogen-bond donors (Lipinski definition) is 2. The molecular weight excluding hydrogens is 452 g/mol. The highest BCUT2D eigenvalue weighted by molar-refractivity contribution is 9.10. The molecule has 0 bridgehead atoms. The van der Waals surface area contributed by atoms with Crippen LogP contribution in [0.15, 0.2) is 53.3 Å². The van der Waals surface area contributed by atoms with Crippen LogP contribution in [-0.2, 0) is 11.3 Å². The number of pyridine rings is 1. The molecule has 3 aromatic rings. The Morgan fingerprint density at radius 1 is 1.28 bits per heavy atom. The van der Waals surface area contributed by atoms with E-state index in [1.165, 1.54) is 11.5 Å². The molecule has 6 nitrogen and oxygen atoms in total. The molecule has 150 valence electrons. The largest absolute Gasteiger partial charge is 0.383 e. The number of nitrogens with two attached hydrogens (primary N) is 1. The van der Waals surface area contributed by atoms with Gasteiger partial charge in [-0.2, -0.15) is 0 Å². The molecular formula is C21H21BrN4O2S. The quantitative estimate of drug-likeness (QED) is 0.553. The first-order valence-corrected chi connectivity index (χ1v) is 11.0. The van der Waals surface area contributed by atoms with Crippen LogP contribution in [0.2, 0.25) is 0 Å². The molecule has 3 N–H and O–H groups in total. The van der Waals surface area contributed by atoms with Crippen LogP contribution < -0.4 is 11.1 Å². The van der Waals surface area contributed by atoms with Crippen LogP contribution in [0.5, 0.6) is 0 Å². The van der Waals surface area contributed by atoms with Crippen LogP contribution in [0, 0.1) is 0 Å². The van der Waals surface area contributed by atoms with Gasteiger partial charge >= 0.3 is 0 Å².